The van der Waals surface area contributed by atoms with E-state index < -0.39 is 23.1 Å². The van der Waals surface area contributed by atoms with Crippen molar-refractivity contribution in [1.29, 1.82) is 0 Å². The number of ketones is 2. The molecule has 0 bridgehead atoms. The second kappa shape index (κ2) is 10.9. The minimum Gasteiger partial charge on any atom is -0.507 e. The average molecular weight is 445 g/mol. The van der Waals surface area contributed by atoms with Crippen molar-refractivity contribution < 1.29 is 34.8 Å². The first kappa shape index (κ1) is 23.5. The highest BCUT2D eigenvalue weighted by Gasteiger charge is 2.38. The van der Waals surface area contributed by atoms with Gasteiger partial charge in [-0.25, -0.2) is 0 Å². The summed E-state index contributed by atoms with van der Waals surface area (Å²) in [4.78, 5) is 26.7. The predicted molar refractivity (Wildman–Crippen MR) is 117 cm³/mol. The summed E-state index contributed by atoms with van der Waals surface area (Å²) in [6, 6.07) is 5.53. The Kier molecular flexibility index (Phi) is 8.01. The summed E-state index contributed by atoms with van der Waals surface area (Å²) >= 11 is 0. The van der Waals surface area contributed by atoms with E-state index in [0.717, 1.165) is 0 Å². The molecule has 0 aliphatic heterocycles. The fraction of sp³-hybridized carbons (Fsp3) is 0.364. The summed E-state index contributed by atoms with van der Waals surface area (Å²) in [6.07, 6.45) is 0. The molecule has 1 aliphatic carbocycles. The van der Waals surface area contributed by atoms with Crippen LogP contribution in [0, 0.1) is 0 Å². The Morgan fingerprint density at radius 1 is 0.688 bits per heavy atom. The van der Waals surface area contributed by atoms with E-state index in [1.807, 2.05) is 0 Å². The maximum Gasteiger partial charge on any atom is 0.202 e. The number of rotatable bonds is 12. The van der Waals surface area contributed by atoms with Crippen molar-refractivity contribution in [2.75, 3.05) is 57.9 Å². The summed E-state index contributed by atoms with van der Waals surface area (Å²) in [5.74, 6) is -1.83. The fourth-order valence-corrected chi connectivity index (χ4v) is 3.53. The maximum atomic E-state index is 13.3. The van der Waals surface area contributed by atoms with E-state index in [9.17, 15) is 19.8 Å². The molecule has 32 heavy (non-hydrogen) atoms. The Morgan fingerprint density at radius 3 is 1.91 bits per heavy atom. The van der Waals surface area contributed by atoms with Crippen molar-refractivity contribution >= 4 is 17.3 Å². The van der Waals surface area contributed by atoms with Crippen LogP contribution in [0.25, 0.3) is 0 Å². The molecule has 0 saturated carbocycles. The third-order valence-electron chi connectivity index (χ3n) is 4.97. The first-order chi connectivity index (χ1) is 15.5. The number of benzene rings is 2. The molecule has 0 unspecified atom stereocenters. The lowest BCUT2D eigenvalue weighted by Gasteiger charge is -2.24. The third kappa shape index (κ3) is 4.83. The molecule has 0 atom stereocenters. The van der Waals surface area contributed by atoms with E-state index in [2.05, 4.69) is 16.0 Å². The van der Waals surface area contributed by atoms with E-state index in [-0.39, 0.29) is 47.8 Å². The number of anilines is 1. The summed E-state index contributed by atoms with van der Waals surface area (Å²) in [5, 5.41) is 47.3. The van der Waals surface area contributed by atoms with Gasteiger partial charge in [0.2, 0.25) is 11.6 Å². The Bertz CT molecular complexity index is 916. The molecule has 10 nitrogen and oxygen atoms in total. The topological polar surface area (TPSA) is 160 Å². The van der Waals surface area contributed by atoms with Crippen molar-refractivity contribution in [3.63, 3.8) is 0 Å². The highest BCUT2D eigenvalue weighted by atomic mass is 16.5. The van der Waals surface area contributed by atoms with Gasteiger partial charge in [-0.3, -0.25) is 9.59 Å². The number of phenols is 2. The highest BCUT2D eigenvalue weighted by Crippen LogP contribution is 2.42. The van der Waals surface area contributed by atoms with Crippen molar-refractivity contribution in [1.82, 2.24) is 10.6 Å². The summed E-state index contributed by atoms with van der Waals surface area (Å²) in [5.41, 5.74) is -0.0354. The third-order valence-corrected chi connectivity index (χ3v) is 4.97. The zero-order valence-corrected chi connectivity index (χ0v) is 17.5. The summed E-state index contributed by atoms with van der Waals surface area (Å²) in [7, 11) is 0. The molecule has 1 aliphatic rings. The predicted octanol–water partition coefficient (Wildman–Crippen LogP) is -0.172. The standard InChI is InChI=1S/C22H27N3O7/c26-10-7-23-5-6-25-13-1-4-16(32-12-9-24-8-11-27)20-17(13)21(30)18-14(28)2-3-15(29)19(18)22(20)31/h1-4,23-29H,5-12H2. The van der Waals surface area contributed by atoms with E-state index in [1.54, 1.807) is 12.1 Å². The highest BCUT2D eigenvalue weighted by molar-refractivity contribution is 6.32. The van der Waals surface area contributed by atoms with Crippen LogP contribution in [0.4, 0.5) is 5.69 Å². The van der Waals surface area contributed by atoms with Gasteiger partial charge < -0.3 is 41.1 Å². The number of aliphatic hydroxyl groups is 2. The van der Waals surface area contributed by atoms with Crippen LogP contribution < -0.4 is 20.7 Å². The lowest BCUT2D eigenvalue weighted by atomic mass is 9.81. The second-order valence-electron chi connectivity index (χ2n) is 7.10. The molecule has 0 amide bonds. The zero-order valence-electron chi connectivity index (χ0n) is 17.5. The van der Waals surface area contributed by atoms with Crippen LogP contribution in [0.5, 0.6) is 17.2 Å². The van der Waals surface area contributed by atoms with Crippen molar-refractivity contribution in [3.8, 4) is 17.2 Å². The van der Waals surface area contributed by atoms with Crippen LogP contribution in [-0.2, 0) is 0 Å². The van der Waals surface area contributed by atoms with Crippen molar-refractivity contribution in [3.05, 3.63) is 46.5 Å². The fourth-order valence-electron chi connectivity index (χ4n) is 3.53. The molecular formula is C22H27N3O7. The van der Waals surface area contributed by atoms with Gasteiger partial charge in [-0.1, -0.05) is 0 Å². The average Bonchev–Trinajstić information content (AvgIpc) is 2.78. The van der Waals surface area contributed by atoms with Crippen molar-refractivity contribution in [2.24, 2.45) is 0 Å². The minimum atomic E-state index is -0.622. The van der Waals surface area contributed by atoms with Crippen LogP contribution in [0.3, 0.4) is 0 Å². The molecule has 10 heteroatoms. The number of aliphatic hydroxyl groups excluding tert-OH is 2. The molecule has 0 radical (unpaired) electrons. The summed E-state index contributed by atoms with van der Waals surface area (Å²) < 4.78 is 5.74. The first-order valence-electron chi connectivity index (χ1n) is 10.3. The Balaban J connectivity index is 1.97. The molecule has 0 saturated heterocycles. The molecule has 0 heterocycles. The Morgan fingerprint density at radius 2 is 1.28 bits per heavy atom. The normalized spacial score (nSPS) is 12.4. The lowest BCUT2D eigenvalue weighted by Crippen LogP contribution is -2.28. The SMILES string of the molecule is O=C1c2c(O)ccc(O)c2C(=O)c2c(OCCNCCO)ccc(NCCNCCO)c21. The van der Waals surface area contributed by atoms with Gasteiger partial charge in [0.25, 0.3) is 0 Å². The minimum absolute atomic E-state index is 0.00113. The number of ether oxygens (including phenoxy) is 1. The molecule has 0 fully saturated rings. The number of carbonyl (C=O) groups excluding carboxylic acids is 2. The van der Waals surface area contributed by atoms with Crippen LogP contribution in [0.1, 0.15) is 31.8 Å². The van der Waals surface area contributed by atoms with Gasteiger partial charge in [0.1, 0.15) is 23.9 Å². The molecule has 7 N–H and O–H groups in total. The number of hydrogen-bond donors (Lipinski definition) is 7. The van der Waals surface area contributed by atoms with Crippen LogP contribution in [-0.4, -0.2) is 84.5 Å². The Labute approximate surface area is 184 Å². The van der Waals surface area contributed by atoms with E-state index in [4.69, 9.17) is 14.9 Å². The molecule has 3 rings (SSSR count). The number of phenolic OH excluding ortho intramolecular Hbond substituents is 2. The van der Waals surface area contributed by atoms with Crippen LogP contribution in [0.2, 0.25) is 0 Å². The molecule has 0 aromatic heterocycles. The van der Waals surface area contributed by atoms with Crippen LogP contribution >= 0.6 is 0 Å². The Hall–Kier alpha value is -3.18. The smallest absolute Gasteiger partial charge is 0.202 e. The van der Waals surface area contributed by atoms with Gasteiger partial charge in [-0.15, -0.1) is 0 Å². The second-order valence-corrected chi connectivity index (χ2v) is 7.10. The zero-order chi connectivity index (χ0) is 23.1. The van der Waals surface area contributed by atoms with Gasteiger partial charge in [-0.2, -0.15) is 0 Å². The first-order valence-corrected chi connectivity index (χ1v) is 10.3. The number of carbonyl (C=O) groups is 2. The van der Waals surface area contributed by atoms with Gasteiger partial charge in [-0.05, 0) is 24.3 Å². The van der Waals surface area contributed by atoms with Gasteiger partial charge in [0.05, 0.1) is 35.5 Å². The number of hydrogen-bond acceptors (Lipinski definition) is 10. The quantitative estimate of drug-likeness (QED) is 0.147. The molecular weight excluding hydrogens is 418 g/mol. The van der Waals surface area contributed by atoms with E-state index in [1.165, 1.54) is 12.1 Å². The number of aromatic hydroxyl groups is 2. The van der Waals surface area contributed by atoms with Gasteiger partial charge >= 0.3 is 0 Å². The number of fused-ring (bicyclic) bond motifs is 2. The van der Waals surface area contributed by atoms with Gasteiger partial charge in [0, 0.05) is 38.4 Å². The lowest BCUT2D eigenvalue weighted by molar-refractivity contribution is 0.0971. The van der Waals surface area contributed by atoms with E-state index in [0.29, 0.717) is 38.4 Å². The van der Waals surface area contributed by atoms with Gasteiger partial charge in [0.15, 0.2) is 0 Å². The monoisotopic (exact) mass is 445 g/mol. The molecule has 0 spiro atoms. The largest absolute Gasteiger partial charge is 0.507 e. The summed E-state index contributed by atoms with van der Waals surface area (Å²) in [6.45, 7) is 2.33. The molecule has 2 aromatic carbocycles. The number of nitrogens with one attached hydrogen (secondary N) is 3. The molecule has 2 aromatic rings. The maximum absolute atomic E-state index is 13.3. The molecule has 172 valence electrons. The van der Waals surface area contributed by atoms with Crippen molar-refractivity contribution in [2.45, 2.75) is 0 Å². The van der Waals surface area contributed by atoms with Crippen LogP contribution in [0.15, 0.2) is 24.3 Å². The van der Waals surface area contributed by atoms with E-state index >= 15 is 0 Å².